The summed E-state index contributed by atoms with van der Waals surface area (Å²) >= 11 is 4.73. The van der Waals surface area contributed by atoms with Gasteiger partial charge in [-0.25, -0.2) is 15.0 Å². The van der Waals surface area contributed by atoms with Gasteiger partial charge >= 0.3 is 0 Å². The third-order valence-electron chi connectivity index (χ3n) is 12.3. The minimum atomic E-state index is -0.104. The van der Waals surface area contributed by atoms with E-state index < -0.39 is 0 Å². The van der Waals surface area contributed by atoms with Gasteiger partial charge < -0.3 is 20.7 Å². The van der Waals surface area contributed by atoms with Gasteiger partial charge in [-0.2, -0.15) is 5.10 Å². The zero-order valence-electron chi connectivity index (χ0n) is 44.3. The molecule has 0 saturated carbocycles. The summed E-state index contributed by atoms with van der Waals surface area (Å²) in [5.74, 6) is 1.27. The Balaban J connectivity index is 0.000000138. The van der Waals surface area contributed by atoms with Gasteiger partial charge in [0.05, 0.1) is 73.8 Å². The molecule has 1 aliphatic heterocycles. The molecule has 0 fully saturated rings. The highest BCUT2D eigenvalue weighted by Crippen LogP contribution is 2.29. The Labute approximate surface area is 483 Å². The highest BCUT2D eigenvalue weighted by atomic mass is 32.1. The number of nitrogens with one attached hydrogen (secondary N) is 3. The van der Waals surface area contributed by atoms with Crippen LogP contribution < -0.4 is 16.0 Å². The van der Waals surface area contributed by atoms with E-state index in [4.69, 9.17) is 4.74 Å². The van der Waals surface area contributed by atoms with Crippen molar-refractivity contribution in [1.82, 2.24) is 59.6 Å². The first-order chi connectivity index (χ1) is 40.1. The molecule has 0 aromatic carbocycles. The summed E-state index contributed by atoms with van der Waals surface area (Å²) in [5.41, 5.74) is 12.5. The Morgan fingerprint density at radius 2 is 0.963 bits per heavy atom. The number of nitrogens with zero attached hydrogens (tertiary/aromatic N) is 12. The molecule has 0 unspecified atom stereocenters. The fourth-order valence-electron chi connectivity index (χ4n) is 8.28. The van der Waals surface area contributed by atoms with E-state index in [9.17, 15) is 14.4 Å². The molecule has 11 aromatic heterocycles. The number of carbonyl (C=O) groups is 3. The molecule has 0 saturated heterocycles. The van der Waals surface area contributed by atoms with Crippen LogP contribution >= 0.6 is 34.0 Å². The molecule has 12 heterocycles. The van der Waals surface area contributed by atoms with Crippen LogP contribution in [0.1, 0.15) is 32.3 Å². The summed E-state index contributed by atoms with van der Waals surface area (Å²) in [6.45, 7) is 3.39. The normalized spacial score (nSPS) is 11.7. The molecule has 12 rings (SSSR count). The summed E-state index contributed by atoms with van der Waals surface area (Å²) in [6, 6.07) is 23.0. The number of ether oxygens (including phenoxy) is 1. The van der Waals surface area contributed by atoms with Gasteiger partial charge in [0, 0.05) is 123 Å². The van der Waals surface area contributed by atoms with E-state index in [0.717, 1.165) is 89.5 Å². The van der Waals surface area contributed by atoms with Crippen LogP contribution in [0, 0.1) is 6.92 Å². The van der Waals surface area contributed by atoms with E-state index in [1.54, 1.807) is 139 Å². The smallest absolute Gasteiger partial charge is 0.230 e. The SMILES string of the molecule is Cc1cc(-c2csc(CC(=O)Nc3ccc(-c4cnccn4)cn3)c2)ccn1.Cn1nccc1-c1csc(CC(=O)Nc2ccc(-c3cnccn3)cn2)c1.O=C(Cc1cc(C2=CCOCC2)cs1)Nc1ccc(-c2cnccn2)cn1. The average molecular weight is 1140 g/mol. The number of carbonyl (C=O) groups excluding carboxylic acids is 3. The van der Waals surface area contributed by atoms with Gasteiger partial charge in [0.1, 0.15) is 17.5 Å². The molecule has 11 aromatic rings. The molecule has 3 amide bonds. The van der Waals surface area contributed by atoms with Crippen molar-refractivity contribution >= 4 is 74.8 Å². The maximum absolute atomic E-state index is 12.4. The van der Waals surface area contributed by atoms with E-state index in [2.05, 4.69) is 93.8 Å². The molecule has 0 radical (unpaired) electrons. The molecule has 0 bridgehead atoms. The number of hydrogen-bond acceptors (Lipinski definition) is 18. The first-order valence-corrected chi connectivity index (χ1v) is 28.3. The van der Waals surface area contributed by atoms with Crippen LogP contribution in [0.5, 0.6) is 0 Å². The molecule has 0 spiro atoms. The fourth-order valence-corrected chi connectivity index (χ4v) is 11.0. The Morgan fingerprint density at radius 3 is 1.38 bits per heavy atom. The van der Waals surface area contributed by atoms with Gasteiger partial charge in [0.15, 0.2) is 0 Å². The van der Waals surface area contributed by atoms with Crippen LogP contribution in [0.3, 0.4) is 0 Å². The molecule has 19 nitrogen and oxygen atoms in total. The van der Waals surface area contributed by atoms with Gasteiger partial charge in [0.25, 0.3) is 0 Å². The van der Waals surface area contributed by atoms with Crippen molar-refractivity contribution in [3.63, 3.8) is 0 Å². The van der Waals surface area contributed by atoms with E-state index in [1.807, 2.05) is 72.6 Å². The van der Waals surface area contributed by atoms with E-state index in [1.165, 1.54) is 11.1 Å². The van der Waals surface area contributed by atoms with Gasteiger partial charge in [0.2, 0.25) is 17.7 Å². The van der Waals surface area contributed by atoms with Gasteiger partial charge in [-0.1, -0.05) is 6.08 Å². The van der Waals surface area contributed by atoms with Gasteiger partial charge in [-0.15, -0.1) is 34.0 Å². The number of aryl methyl sites for hydroxylation is 2. The number of pyridine rings is 4. The van der Waals surface area contributed by atoms with Gasteiger partial charge in [-0.05, 0) is 119 Å². The number of amides is 3. The average Bonchev–Trinajstić information content (AvgIpc) is 4.43. The van der Waals surface area contributed by atoms with Crippen LogP contribution in [-0.2, 0) is 45.4 Å². The summed E-state index contributed by atoms with van der Waals surface area (Å²) in [7, 11) is 1.90. The number of anilines is 3. The summed E-state index contributed by atoms with van der Waals surface area (Å²) < 4.78 is 7.16. The quantitative estimate of drug-likeness (QED) is 0.0864. The molecule has 1 aliphatic rings. The van der Waals surface area contributed by atoms with E-state index in [0.29, 0.717) is 43.3 Å². The molecule has 22 heteroatoms. The third-order valence-corrected chi connectivity index (χ3v) is 15.1. The van der Waals surface area contributed by atoms with Crippen molar-refractivity contribution in [2.45, 2.75) is 32.6 Å². The number of hydrogen-bond donors (Lipinski definition) is 3. The first-order valence-electron chi connectivity index (χ1n) is 25.6. The second kappa shape index (κ2) is 27.4. The Hall–Kier alpha value is -9.74. The highest BCUT2D eigenvalue weighted by Gasteiger charge is 2.15. The van der Waals surface area contributed by atoms with Crippen molar-refractivity contribution in [2.24, 2.45) is 7.05 Å². The lowest BCUT2D eigenvalue weighted by Gasteiger charge is -2.11. The minimum absolute atomic E-state index is 0.0795. The van der Waals surface area contributed by atoms with Crippen molar-refractivity contribution in [1.29, 1.82) is 0 Å². The van der Waals surface area contributed by atoms with Crippen LogP contribution in [0.2, 0.25) is 0 Å². The number of aromatic nitrogens is 12. The second-order valence-electron chi connectivity index (χ2n) is 18.2. The topological polar surface area (TPSA) is 243 Å². The maximum Gasteiger partial charge on any atom is 0.230 e. The Kier molecular flexibility index (Phi) is 18.6. The molecular formula is C60H51N15O4S3. The predicted octanol–water partition coefficient (Wildman–Crippen LogP) is 10.9. The van der Waals surface area contributed by atoms with Crippen LogP contribution in [0.4, 0.5) is 17.5 Å². The molecular weight excluding hydrogens is 1090 g/mol. The predicted molar refractivity (Wildman–Crippen MR) is 319 cm³/mol. The molecule has 3 N–H and O–H groups in total. The number of rotatable bonds is 15. The summed E-state index contributed by atoms with van der Waals surface area (Å²) in [5, 5.41) is 18.9. The summed E-state index contributed by atoms with van der Waals surface area (Å²) in [4.78, 5) is 81.9. The molecule has 0 atom stereocenters. The van der Waals surface area contributed by atoms with Crippen molar-refractivity contribution in [3.05, 3.63) is 208 Å². The zero-order valence-corrected chi connectivity index (χ0v) is 46.7. The number of thiophene rings is 3. The van der Waals surface area contributed by atoms with Crippen LogP contribution in [-0.4, -0.2) is 90.6 Å². The molecule has 408 valence electrons. The van der Waals surface area contributed by atoms with Gasteiger partial charge in [-0.3, -0.25) is 54.0 Å². The van der Waals surface area contributed by atoms with Crippen LogP contribution in [0.25, 0.3) is 61.7 Å². The van der Waals surface area contributed by atoms with Crippen molar-refractivity contribution in [3.8, 4) is 56.2 Å². The molecule has 0 aliphatic carbocycles. The lowest BCUT2D eigenvalue weighted by Crippen LogP contribution is -2.14. The van der Waals surface area contributed by atoms with Crippen LogP contribution in [0.15, 0.2) is 182 Å². The second-order valence-corrected chi connectivity index (χ2v) is 21.2. The highest BCUT2D eigenvalue weighted by molar-refractivity contribution is 7.11. The zero-order chi connectivity index (χ0) is 56.5. The maximum atomic E-state index is 12.4. The standard InChI is InChI=1S/C21H17N5OS.C20H18N4O2S.C19H16N6OS/c1-14-8-15(4-5-23-14)17-9-18(28-13-17)10-21(27)26-20-3-2-16(11-25-20)19-12-22-6-7-24-19;25-20(10-17-9-16(13-27-17)14-3-7-26-8-4-14)24-19-2-1-15(11-23-19)18-12-21-5-6-22-18;1-25-17(4-5-23-25)14-8-15(27-12-14)9-19(26)24-18-3-2-13(10-22-18)16-11-20-6-7-21-16/h2-9,11-13H,10H2,1H3,(H,25,26,27);1-3,5-6,9,11-13H,4,7-8,10H2,(H,23,24,25);2-8,10-12H,9H2,1H3,(H,22,24,26). The summed E-state index contributed by atoms with van der Waals surface area (Å²) in [6.07, 6.45) is 27.4. The Morgan fingerprint density at radius 1 is 0.488 bits per heavy atom. The van der Waals surface area contributed by atoms with E-state index >= 15 is 0 Å². The third kappa shape index (κ3) is 15.5. The lowest BCUT2D eigenvalue weighted by molar-refractivity contribution is -0.116. The first kappa shape index (κ1) is 55.6. The molecule has 82 heavy (non-hydrogen) atoms. The largest absolute Gasteiger partial charge is 0.377 e. The lowest BCUT2D eigenvalue weighted by atomic mass is 10.0. The Bertz CT molecular complexity index is 3910. The monoisotopic (exact) mass is 1140 g/mol. The minimum Gasteiger partial charge on any atom is -0.377 e. The van der Waals surface area contributed by atoms with E-state index in [-0.39, 0.29) is 17.7 Å². The fraction of sp³-hybridized carbons (Fsp3) is 0.133. The van der Waals surface area contributed by atoms with Crippen molar-refractivity contribution in [2.75, 3.05) is 29.2 Å². The van der Waals surface area contributed by atoms with Crippen molar-refractivity contribution < 1.29 is 19.1 Å².